The van der Waals surface area contributed by atoms with E-state index >= 15 is 0 Å². The average molecular weight is 191 g/mol. The summed E-state index contributed by atoms with van der Waals surface area (Å²) in [5.41, 5.74) is 1.98. The summed E-state index contributed by atoms with van der Waals surface area (Å²) in [4.78, 5) is 11.1. The molecule has 14 heavy (non-hydrogen) atoms. The molecule has 1 aliphatic heterocycles. The van der Waals surface area contributed by atoms with Crippen LogP contribution in [0.5, 0.6) is 0 Å². The van der Waals surface area contributed by atoms with Crippen LogP contribution in [0.4, 0.5) is 5.69 Å². The molecule has 0 spiro atoms. The predicted octanol–water partition coefficient (Wildman–Crippen LogP) is -0.749. The Morgan fingerprint density at radius 2 is 2.07 bits per heavy atom. The number of carbonyl (C=O) groups excluding carboxylic acids is 1. The molecule has 1 aromatic rings. The van der Waals surface area contributed by atoms with Crippen molar-refractivity contribution in [3.63, 3.8) is 0 Å². The first-order valence-corrected chi connectivity index (χ1v) is 4.46. The van der Waals surface area contributed by atoms with Gasteiger partial charge in [-0.25, -0.2) is 0 Å². The fourth-order valence-corrected chi connectivity index (χ4v) is 1.69. The second-order valence-corrected chi connectivity index (χ2v) is 3.30. The van der Waals surface area contributed by atoms with Gasteiger partial charge in [0.05, 0.1) is 0 Å². The zero-order valence-corrected chi connectivity index (χ0v) is 7.53. The van der Waals surface area contributed by atoms with E-state index in [1.54, 1.807) is 18.2 Å². The van der Waals surface area contributed by atoms with Crippen molar-refractivity contribution in [2.45, 2.75) is 12.8 Å². The zero-order chi connectivity index (χ0) is 10.1. The van der Waals surface area contributed by atoms with Gasteiger partial charge >= 0.3 is 7.12 Å². The molecule has 4 nitrogen and oxygen atoms in total. The number of rotatable bonds is 1. The number of benzene rings is 1. The largest absolute Gasteiger partial charge is 0.488 e. The summed E-state index contributed by atoms with van der Waals surface area (Å²) < 4.78 is 0. The summed E-state index contributed by atoms with van der Waals surface area (Å²) in [6, 6.07) is 5.11. The normalized spacial score (nSPS) is 14.6. The maximum absolute atomic E-state index is 11.1. The molecule has 0 radical (unpaired) electrons. The SMILES string of the molecule is O=C1CCc2c(cccc2B(O)O)N1. The quantitative estimate of drug-likeness (QED) is 0.511. The summed E-state index contributed by atoms with van der Waals surface area (Å²) >= 11 is 0. The van der Waals surface area contributed by atoms with Crippen molar-refractivity contribution >= 4 is 24.2 Å². The Hall–Kier alpha value is -1.33. The monoisotopic (exact) mass is 191 g/mol. The van der Waals surface area contributed by atoms with Crippen LogP contribution in [0.25, 0.3) is 0 Å². The smallest absolute Gasteiger partial charge is 0.423 e. The molecular formula is C9H10BNO3. The molecule has 0 aliphatic carbocycles. The van der Waals surface area contributed by atoms with Crippen LogP contribution in [0.3, 0.4) is 0 Å². The molecular weight excluding hydrogens is 181 g/mol. The third-order valence-corrected chi connectivity index (χ3v) is 2.37. The van der Waals surface area contributed by atoms with Crippen LogP contribution in [-0.2, 0) is 11.2 Å². The van der Waals surface area contributed by atoms with Crippen LogP contribution in [0.15, 0.2) is 18.2 Å². The van der Waals surface area contributed by atoms with Gasteiger partial charge in [0.1, 0.15) is 0 Å². The summed E-state index contributed by atoms with van der Waals surface area (Å²) in [6.07, 6.45) is 0.964. The molecule has 3 N–H and O–H groups in total. The minimum atomic E-state index is -1.47. The zero-order valence-electron chi connectivity index (χ0n) is 7.53. The maximum Gasteiger partial charge on any atom is 0.488 e. The summed E-state index contributed by atoms with van der Waals surface area (Å²) in [7, 11) is -1.47. The average Bonchev–Trinajstić information content (AvgIpc) is 2.16. The van der Waals surface area contributed by atoms with Gasteiger partial charge in [-0.1, -0.05) is 12.1 Å². The van der Waals surface area contributed by atoms with Gasteiger partial charge in [-0.05, 0) is 23.5 Å². The van der Waals surface area contributed by atoms with Gasteiger partial charge in [0.15, 0.2) is 0 Å². The van der Waals surface area contributed by atoms with E-state index in [1.165, 1.54) is 0 Å². The van der Waals surface area contributed by atoms with E-state index in [0.29, 0.717) is 24.0 Å². The predicted molar refractivity (Wildman–Crippen MR) is 53.2 cm³/mol. The molecule has 1 amide bonds. The maximum atomic E-state index is 11.1. The molecule has 0 atom stereocenters. The second-order valence-electron chi connectivity index (χ2n) is 3.30. The molecule has 1 heterocycles. The highest BCUT2D eigenvalue weighted by molar-refractivity contribution is 6.59. The third-order valence-electron chi connectivity index (χ3n) is 2.37. The van der Waals surface area contributed by atoms with Crippen molar-refractivity contribution in [3.8, 4) is 0 Å². The Morgan fingerprint density at radius 3 is 2.79 bits per heavy atom. The molecule has 2 rings (SSSR count). The Kier molecular flexibility index (Phi) is 2.27. The molecule has 0 bridgehead atoms. The molecule has 1 aromatic carbocycles. The highest BCUT2D eigenvalue weighted by atomic mass is 16.4. The van der Waals surface area contributed by atoms with Crippen molar-refractivity contribution in [2.24, 2.45) is 0 Å². The lowest BCUT2D eigenvalue weighted by Crippen LogP contribution is -2.36. The van der Waals surface area contributed by atoms with Crippen LogP contribution in [0.1, 0.15) is 12.0 Å². The first-order valence-electron chi connectivity index (χ1n) is 4.46. The van der Waals surface area contributed by atoms with Crippen molar-refractivity contribution in [3.05, 3.63) is 23.8 Å². The second kappa shape index (κ2) is 3.44. The van der Waals surface area contributed by atoms with E-state index in [-0.39, 0.29) is 5.91 Å². The summed E-state index contributed by atoms with van der Waals surface area (Å²) in [6.45, 7) is 0. The van der Waals surface area contributed by atoms with E-state index in [0.717, 1.165) is 5.56 Å². The van der Waals surface area contributed by atoms with Crippen molar-refractivity contribution in [2.75, 3.05) is 5.32 Å². The van der Waals surface area contributed by atoms with E-state index in [9.17, 15) is 4.79 Å². The van der Waals surface area contributed by atoms with Crippen molar-refractivity contribution in [1.29, 1.82) is 0 Å². The van der Waals surface area contributed by atoms with Gasteiger partial charge in [0, 0.05) is 12.1 Å². The third kappa shape index (κ3) is 1.52. The molecule has 72 valence electrons. The van der Waals surface area contributed by atoms with Crippen molar-refractivity contribution in [1.82, 2.24) is 0 Å². The number of anilines is 1. The number of hydrogen-bond acceptors (Lipinski definition) is 3. The number of amides is 1. The Balaban J connectivity index is 2.46. The van der Waals surface area contributed by atoms with Gasteiger partial charge < -0.3 is 15.4 Å². The number of carbonyl (C=O) groups is 1. The number of fused-ring (bicyclic) bond motifs is 1. The number of hydrogen-bond donors (Lipinski definition) is 3. The fraction of sp³-hybridized carbons (Fsp3) is 0.222. The molecule has 0 saturated heterocycles. The topological polar surface area (TPSA) is 69.6 Å². The molecule has 0 unspecified atom stereocenters. The van der Waals surface area contributed by atoms with E-state index in [4.69, 9.17) is 10.0 Å². The lowest BCUT2D eigenvalue weighted by atomic mass is 9.75. The van der Waals surface area contributed by atoms with Gasteiger partial charge in [0.2, 0.25) is 5.91 Å². The Labute approximate surface area is 81.7 Å². The van der Waals surface area contributed by atoms with Gasteiger partial charge in [-0.15, -0.1) is 0 Å². The van der Waals surface area contributed by atoms with Gasteiger partial charge in [0.25, 0.3) is 0 Å². The van der Waals surface area contributed by atoms with E-state index in [1.807, 2.05) is 0 Å². The summed E-state index contributed by atoms with van der Waals surface area (Å²) in [5, 5.41) is 20.9. The minimum absolute atomic E-state index is 0.0259. The highest BCUT2D eigenvalue weighted by Crippen LogP contribution is 2.20. The minimum Gasteiger partial charge on any atom is -0.423 e. The fourth-order valence-electron chi connectivity index (χ4n) is 1.69. The van der Waals surface area contributed by atoms with Gasteiger partial charge in [-0.3, -0.25) is 4.79 Å². The lowest BCUT2D eigenvalue weighted by molar-refractivity contribution is -0.116. The van der Waals surface area contributed by atoms with Crippen LogP contribution >= 0.6 is 0 Å². The highest BCUT2D eigenvalue weighted by Gasteiger charge is 2.22. The molecule has 1 aliphatic rings. The Morgan fingerprint density at radius 1 is 1.29 bits per heavy atom. The van der Waals surface area contributed by atoms with E-state index < -0.39 is 7.12 Å². The number of nitrogens with one attached hydrogen (secondary N) is 1. The van der Waals surface area contributed by atoms with Crippen LogP contribution in [-0.4, -0.2) is 23.1 Å². The lowest BCUT2D eigenvalue weighted by Gasteiger charge is -2.19. The van der Waals surface area contributed by atoms with Crippen LogP contribution < -0.4 is 10.8 Å². The molecule has 0 fully saturated rings. The Bertz CT molecular complexity index is 378. The molecule has 0 saturated carbocycles. The van der Waals surface area contributed by atoms with E-state index in [2.05, 4.69) is 5.32 Å². The van der Waals surface area contributed by atoms with Crippen LogP contribution in [0.2, 0.25) is 0 Å². The van der Waals surface area contributed by atoms with Gasteiger partial charge in [-0.2, -0.15) is 0 Å². The van der Waals surface area contributed by atoms with Crippen LogP contribution in [0, 0.1) is 0 Å². The first kappa shape index (κ1) is 9.24. The first-order chi connectivity index (χ1) is 6.68. The molecule has 5 heteroatoms. The molecule has 0 aromatic heterocycles. The van der Waals surface area contributed by atoms with Crippen molar-refractivity contribution < 1.29 is 14.8 Å². The standard InChI is InChI=1S/C9H10BNO3/c12-9-5-4-6-7(10(13)14)2-1-3-8(6)11-9/h1-3,13-14H,4-5H2,(H,11,12). The summed E-state index contributed by atoms with van der Waals surface area (Å²) in [5.74, 6) is -0.0259.